The van der Waals surface area contributed by atoms with Gasteiger partial charge in [0.1, 0.15) is 11.4 Å². The molecule has 1 rings (SSSR count). The van der Waals surface area contributed by atoms with E-state index in [0.717, 1.165) is 10.0 Å². The maximum atomic E-state index is 11.9. The summed E-state index contributed by atoms with van der Waals surface area (Å²) in [7, 11) is 0. The first-order chi connectivity index (χ1) is 8.28. The normalized spacial score (nSPS) is 13.2. The molecule has 0 aliphatic carbocycles. The molecule has 0 saturated heterocycles. The SMILES string of the molecule is CC(C)(C)OC(=O)C[S@+]([O-])Cc1ccccc1Br. The van der Waals surface area contributed by atoms with Crippen molar-refractivity contribution in [2.75, 3.05) is 5.75 Å². The molecule has 1 aromatic rings. The predicted octanol–water partition coefficient (Wildman–Crippen LogP) is 3.04. The van der Waals surface area contributed by atoms with Gasteiger partial charge in [0.25, 0.3) is 0 Å². The zero-order valence-corrected chi connectivity index (χ0v) is 13.1. The second-order valence-electron chi connectivity index (χ2n) is 4.91. The van der Waals surface area contributed by atoms with Crippen LogP contribution in [0.25, 0.3) is 0 Å². The summed E-state index contributed by atoms with van der Waals surface area (Å²) in [6.45, 7) is 5.38. The molecule has 0 unspecified atom stereocenters. The Bertz CT molecular complexity index is 415. The number of hydrogen-bond donors (Lipinski definition) is 0. The van der Waals surface area contributed by atoms with Gasteiger partial charge in [0, 0.05) is 10.0 Å². The van der Waals surface area contributed by atoms with E-state index in [2.05, 4.69) is 15.9 Å². The number of ether oxygens (including phenoxy) is 1. The van der Waals surface area contributed by atoms with E-state index >= 15 is 0 Å². The zero-order chi connectivity index (χ0) is 13.8. The molecule has 0 aliphatic heterocycles. The van der Waals surface area contributed by atoms with Gasteiger partial charge in [0.2, 0.25) is 5.75 Å². The van der Waals surface area contributed by atoms with Crippen LogP contribution < -0.4 is 0 Å². The molecule has 0 N–H and O–H groups in total. The number of carbonyl (C=O) groups excluding carboxylic acids is 1. The van der Waals surface area contributed by atoms with Crippen molar-refractivity contribution >= 4 is 33.1 Å². The molecular formula is C13H17BrO3S. The summed E-state index contributed by atoms with van der Waals surface area (Å²) in [5.41, 5.74) is 0.397. The molecule has 1 atom stereocenters. The lowest BCUT2D eigenvalue weighted by Crippen LogP contribution is -2.29. The van der Waals surface area contributed by atoms with E-state index in [1.54, 1.807) is 20.8 Å². The van der Waals surface area contributed by atoms with E-state index in [4.69, 9.17) is 4.74 Å². The highest BCUT2D eigenvalue weighted by Crippen LogP contribution is 2.19. The Kier molecular flexibility index (Phi) is 5.69. The summed E-state index contributed by atoms with van der Waals surface area (Å²) in [4.78, 5) is 11.5. The fraction of sp³-hybridized carbons (Fsp3) is 0.462. The molecule has 0 radical (unpaired) electrons. The van der Waals surface area contributed by atoms with Gasteiger partial charge < -0.3 is 9.29 Å². The molecule has 0 amide bonds. The van der Waals surface area contributed by atoms with Crippen LogP contribution in [-0.4, -0.2) is 21.9 Å². The number of halogens is 1. The molecule has 3 nitrogen and oxygen atoms in total. The van der Waals surface area contributed by atoms with Gasteiger partial charge in [-0.25, -0.2) is 4.79 Å². The van der Waals surface area contributed by atoms with Gasteiger partial charge >= 0.3 is 5.97 Å². The molecule has 1 aromatic carbocycles. The van der Waals surface area contributed by atoms with Crippen molar-refractivity contribution in [1.29, 1.82) is 0 Å². The van der Waals surface area contributed by atoms with Crippen LogP contribution in [0.5, 0.6) is 0 Å². The Hall–Kier alpha value is -0.520. The summed E-state index contributed by atoms with van der Waals surface area (Å²) in [5.74, 6) is -0.146. The molecule has 5 heteroatoms. The molecule has 18 heavy (non-hydrogen) atoms. The van der Waals surface area contributed by atoms with E-state index < -0.39 is 22.7 Å². The molecule has 0 bridgehead atoms. The summed E-state index contributed by atoms with van der Waals surface area (Å²) < 4.78 is 17.9. The van der Waals surface area contributed by atoms with E-state index in [9.17, 15) is 9.35 Å². The van der Waals surface area contributed by atoms with Gasteiger partial charge in [-0.1, -0.05) is 34.1 Å². The lowest BCUT2D eigenvalue weighted by Gasteiger charge is -2.20. The van der Waals surface area contributed by atoms with E-state index in [0.29, 0.717) is 5.75 Å². The molecular weight excluding hydrogens is 316 g/mol. The molecule has 0 saturated carbocycles. The number of hydrogen-bond acceptors (Lipinski definition) is 3. The van der Waals surface area contributed by atoms with Crippen LogP contribution in [-0.2, 0) is 26.5 Å². The Morgan fingerprint density at radius 3 is 2.56 bits per heavy atom. The Labute approximate surface area is 119 Å². The predicted molar refractivity (Wildman–Crippen MR) is 76.7 cm³/mol. The molecule has 0 spiro atoms. The van der Waals surface area contributed by atoms with Gasteiger partial charge in [-0.2, -0.15) is 0 Å². The number of benzene rings is 1. The van der Waals surface area contributed by atoms with Crippen LogP contribution in [0.15, 0.2) is 28.7 Å². The van der Waals surface area contributed by atoms with E-state index in [-0.39, 0.29) is 5.75 Å². The minimum absolute atomic E-state index is 0.0708. The van der Waals surface area contributed by atoms with Crippen LogP contribution in [0, 0.1) is 0 Å². The van der Waals surface area contributed by atoms with Crippen molar-refractivity contribution in [3.8, 4) is 0 Å². The molecule has 0 aromatic heterocycles. The molecule has 0 fully saturated rings. The number of carbonyl (C=O) groups is 1. The topological polar surface area (TPSA) is 49.4 Å². The minimum Gasteiger partial charge on any atom is -0.616 e. The van der Waals surface area contributed by atoms with Crippen molar-refractivity contribution in [3.05, 3.63) is 34.3 Å². The monoisotopic (exact) mass is 332 g/mol. The summed E-state index contributed by atoms with van der Waals surface area (Å²) in [5, 5.41) is 0. The third kappa shape index (κ3) is 5.89. The average molecular weight is 333 g/mol. The van der Waals surface area contributed by atoms with Gasteiger partial charge in [0.05, 0.1) is 0 Å². The third-order valence-corrected chi connectivity index (χ3v) is 3.94. The average Bonchev–Trinajstić information content (AvgIpc) is 2.18. The summed E-state index contributed by atoms with van der Waals surface area (Å²) >= 11 is 2.14. The summed E-state index contributed by atoms with van der Waals surface area (Å²) in [6, 6.07) is 7.55. The van der Waals surface area contributed by atoms with Crippen molar-refractivity contribution in [2.45, 2.75) is 32.1 Å². The lowest BCUT2D eigenvalue weighted by atomic mass is 10.2. The Balaban J connectivity index is 2.50. The zero-order valence-electron chi connectivity index (χ0n) is 10.7. The van der Waals surface area contributed by atoms with E-state index in [1.165, 1.54) is 0 Å². The van der Waals surface area contributed by atoms with Crippen LogP contribution in [0.2, 0.25) is 0 Å². The number of esters is 1. The van der Waals surface area contributed by atoms with Crippen molar-refractivity contribution in [3.63, 3.8) is 0 Å². The van der Waals surface area contributed by atoms with Gasteiger partial charge in [-0.15, -0.1) is 0 Å². The van der Waals surface area contributed by atoms with Gasteiger partial charge in [0.15, 0.2) is 0 Å². The Morgan fingerprint density at radius 2 is 2.00 bits per heavy atom. The van der Waals surface area contributed by atoms with Crippen molar-refractivity contribution < 1.29 is 14.1 Å². The number of rotatable bonds is 4. The van der Waals surface area contributed by atoms with Crippen molar-refractivity contribution in [1.82, 2.24) is 0 Å². The second-order valence-corrected chi connectivity index (χ2v) is 7.22. The van der Waals surface area contributed by atoms with Gasteiger partial charge in [-0.3, -0.25) is 0 Å². The first-order valence-corrected chi connectivity index (χ1v) is 7.86. The maximum Gasteiger partial charge on any atom is 0.356 e. The molecule has 0 aliphatic rings. The summed E-state index contributed by atoms with van der Waals surface area (Å²) in [6.07, 6.45) is 0. The standard InChI is InChI=1S/C13H17BrO3S/c1-13(2,3)17-12(15)9-18(16)8-10-6-4-5-7-11(10)14/h4-7H,8-9H2,1-3H3/t18-/m1/s1. The maximum absolute atomic E-state index is 11.9. The van der Waals surface area contributed by atoms with E-state index in [1.807, 2.05) is 24.3 Å². The quantitative estimate of drug-likeness (QED) is 0.629. The van der Waals surface area contributed by atoms with Gasteiger partial charge in [-0.05, 0) is 38.0 Å². The van der Waals surface area contributed by atoms with Crippen LogP contribution in [0.3, 0.4) is 0 Å². The Morgan fingerprint density at radius 1 is 1.39 bits per heavy atom. The largest absolute Gasteiger partial charge is 0.616 e. The van der Waals surface area contributed by atoms with Crippen LogP contribution in [0.1, 0.15) is 26.3 Å². The first kappa shape index (κ1) is 15.5. The van der Waals surface area contributed by atoms with Crippen molar-refractivity contribution in [2.24, 2.45) is 0 Å². The highest BCUT2D eigenvalue weighted by Gasteiger charge is 2.21. The highest BCUT2D eigenvalue weighted by atomic mass is 79.9. The second kappa shape index (κ2) is 6.59. The smallest absolute Gasteiger partial charge is 0.356 e. The molecule has 100 valence electrons. The minimum atomic E-state index is -1.25. The molecule has 0 heterocycles. The lowest BCUT2D eigenvalue weighted by molar-refractivity contribution is -0.151. The fourth-order valence-corrected chi connectivity index (χ4v) is 2.98. The van der Waals surface area contributed by atoms with Crippen LogP contribution in [0.4, 0.5) is 0 Å². The fourth-order valence-electron chi connectivity index (χ4n) is 1.34. The highest BCUT2D eigenvalue weighted by molar-refractivity contribution is 9.10. The third-order valence-electron chi connectivity index (χ3n) is 1.97. The van der Waals surface area contributed by atoms with Crippen LogP contribution >= 0.6 is 15.9 Å². The first-order valence-electron chi connectivity index (χ1n) is 5.58.